The van der Waals surface area contributed by atoms with Gasteiger partial charge in [0, 0.05) is 55.8 Å². The number of ether oxygens (including phenoxy) is 1. The van der Waals surface area contributed by atoms with Crippen molar-refractivity contribution in [2.75, 3.05) is 32.8 Å². The van der Waals surface area contributed by atoms with Gasteiger partial charge in [-0.3, -0.25) is 9.69 Å². The fourth-order valence-electron chi connectivity index (χ4n) is 4.40. The number of nitrogens with zero attached hydrogens (tertiary/aromatic N) is 2. The molecule has 1 aliphatic rings. The summed E-state index contributed by atoms with van der Waals surface area (Å²) in [5.41, 5.74) is 2.03. The lowest BCUT2D eigenvalue weighted by atomic mass is 9.89. The van der Waals surface area contributed by atoms with E-state index in [1.807, 2.05) is 6.20 Å². The third-order valence-corrected chi connectivity index (χ3v) is 7.35. The van der Waals surface area contributed by atoms with Gasteiger partial charge in [-0.25, -0.2) is 9.37 Å². The van der Waals surface area contributed by atoms with E-state index < -0.39 is 0 Å². The molecule has 0 bridgehead atoms. The SMILES string of the molecule is CCCCC(CC(=O)c1cnc(CCN2CCOCC2)s1)Cc1c[nH]c2ccc(F)cc12. The van der Waals surface area contributed by atoms with Gasteiger partial charge in [-0.05, 0) is 42.5 Å². The zero-order valence-electron chi connectivity index (χ0n) is 18.7. The Kier molecular flexibility index (Phi) is 8.05. The van der Waals surface area contributed by atoms with E-state index in [-0.39, 0.29) is 17.5 Å². The van der Waals surface area contributed by atoms with Crippen molar-refractivity contribution in [1.82, 2.24) is 14.9 Å². The largest absolute Gasteiger partial charge is 0.379 e. The van der Waals surface area contributed by atoms with E-state index in [2.05, 4.69) is 21.8 Å². The number of fused-ring (bicyclic) bond motifs is 1. The van der Waals surface area contributed by atoms with Crippen molar-refractivity contribution in [2.24, 2.45) is 5.92 Å². The van der Waals surface area contributed by atoms with Gasteiger partial charge in [-0.1, -0.05) is 19.8 Å². The van der Waals surface area contributed by atoms with Crippen LogP contribution in [-0.2, 0) is 17.6 Å². The van der Waals surface area contributed by atoms with E-state index in [9.17, 15) is 9.18 Å². The highest BCUT2D eigenvalue weighted by Crippen LogP contribution is 2.27. The Morgan fingerprint density at radius 1 is 1.34 bits per heavy atom. The maximum atomic E-state index is 13.8. The minimum Gasteiger partial charge on any atom is -0.379 e. The molecule has 4 rings (SSSR count). The first-order valence-electron chi connectivity index (χ1n) is 11.7. The number of aromatic nitrogens is 2. The summed E-state index contributed by atoms with van der Waals surface area (Å²) in [6.07, 6.45) is 9.04. The molecule has 0 aliphatic carbocycles. The van der Waals surface area contributed by atoms with Gasteiger partial charge < -0.3 is 9.72 Å². The van der Waals surface area contributed by atoms with Gasteiger partial charge in [0.15, 0.2) is 5.78 Å². The minimum atomic E-state index is -0.228. The quantitative estimate of drug-likeness (QED) is 0.399. The molecule has 1 saturated heterocycles. The van der Waals surface area contributed by atoms with Crippen LogP contribution in [0.3, 0.4) is 0 Å². The smallest absolute Gasteiger partial charge is 0.174 e. The molecule has 1 unspecified atom stereocenters. The number of aromatic amines is 1. The van der Waals surface area contributed by atoms with Crippen molar-refractivity contribution in [3.8, 4) is 0 Å². The Morgan fingerprint density at radius 2 is 2.19 bits per heavy atom. The molecule has 1 atom stereocenters. The van der Waals surface area contributed by atoms with Crippen LogP contribution in [0.15, 0.2) is 30.6 Å². The van der Waals surface area contributed by atoms with Crippen LogP contribution in [0.1, 0.15) is 52.8 Å². The van der Waals surface area contributed by atoms with Crippen molar-refractivity contribution >= 4 is 28.0 Å². The monoisotopic (exact) mass is 457 g/mol. The molecule has 0 spiro atoms. The number of morpholine rings is 1. The molecule has 0 amide bonds. The maximum absolute atomic E-state index is 13.8. The molecule has 32 heavy (non-hydrogen) atoms. The average molecular weight is 458 g/mol. The Hall–Kier alpha value is -2.09. The molecule has 3 heterocycles. The summed E-state index contributed by atoms with van der Waals surface area (Å²) < 4.78 is 19.2. The molecule has 0 saturated carbocycles. The van der Waals surface area contributed by atoms with Crippen molar-refractivity contribution in [3.63, 3.8) is 0 Å². The van der Waals surface area contributed by atoms with E-state index in [1.165, 1.54) is 17.4 Å². The van der Waals surface area contributed by atoms with Gasteiger partial charge >= 0.3 is 0 Å². The van der Waals surface area contributed by atoms with Gasteiger partial charge in [0.05, 0.1) is 23.1 Å². The predicted molar refractivity (Wildman–Crippen MR) is 127 cm³/mol. The summed E-state index contributed by atoms with van der Waals surface area (Å²) in [6.45, 7) is 6.65. The first kappa shape index (κ1) is 23.1. The molecule has 172 valence electrons. The van der Waals surface area contributed by atoms with E-state index in [0.717, 1.165) is 91.3 Å². The second-order valence-electron chi connectivity index (χ2n) is 8.67. The normalized spacial score (nSPS) is 15.9. The fourth-order valence-corrected chi connectivity index (χ4v) is 5.25. The summed E-state index contributed by atoms with van der Waals surface area (Å²) in [6, 6.07) is 4.83. The molecule has 2 aromatic heterocycles. The van der Waals surface area contributed by atoms with E-state index in [1.54, 1.807) is 18.3 Å². The Morgan fingerprint density at radius 3 is 3.00 bits per heavy atom. The zero-order valence-corrected chi connectivity index (χ0v) is 19.6. The Bertz CT molecular complexity index is 1030. The highest BCUT2D eigenvalue weighted by Gasteiger charge is 2.20. The van der Waals surface area contributed by atoms with Crippen LogP contribution in [0.25, 0.3) is 10.9 Å². The van der Waals surface area contributed by atoms with Crippen LogP contribution in [0.5, 0.6) is 0 Å². The number of Topliss-reactive ketones (excluding diaryl/α,β-unsaturated/α-hetero) is 1. The first-order chi connectivity index (χ1) is 15.6. The van der Waals surface area contributed by atoms with Gasteiger partial charge in [0.1, 0.15) is 5.82 Å². The summed E-state index contributed by atoms with van der Waals surface area (Å²) >= 11 is 1.53. The second-order valence-corrected chi connectivity index (χ2v) is 9.78. The molecule has 1 aliphatic heterocycles. The van der Waals surface area contributed by atoms with Crippen molar-refractivity contribution in [3.05, 3.63) is 51.9 Å². The van der Waals surface area contributed by atoms with Crippen molar-refractivity contribution < 1.29 is 13.9 Å². The number of hydrogen-bond donors (Lipinski definition) is 1. The van der Waals surface area contributed by atoms with Crippen molar-refractivity contribution in [2.45, 2.75) is 45.4 Å². The zero-order chi connectivity index (χ0) is 22.3. The third kappa shape index (κ3) is 6.03. The number of benzene rings is 1. The molecule has 1 fully saturated rings. The van der Waals surface area contributed by atoms with Gasteiger partial charge in [0.2, 0.25) is 0 Å². The number of unbranched alkanes of at least 4 members (excludes halogenated alkanes) is 1. The molecule has 0 radical (unpaired) electrons. The van der Waals surface area contributed by atoms with Gasteiger partial charge in [0.25, 0.3) is 0 Å². The van der Waals surface area contributed by atoms with Gasteiger partial charge in [-0.15, -0.1) is 11.3 Å². The van der Waals surface area contributed by atoms with E-state index >= 15 is 0 Å². The molecule has 3 aromatic rings. The van der Waals surface area contributed by atoms with E-state index in [4.69, 9.17) is 4.74 Å². The number of rotatable bonds is 11. The molecule has 5 nitrogen and oxygen atoms in total. The van der Waals surface area contributed by atoms with Crippen LogP contribution in [0.4, 0.5) is 4.39 Å². The van der Waals surface area contributed by atoms with Crippen LogP contribution in [0, 0.1) is 11.7 Å². The summed E-state index contributed by atoms with van der Waals surface area (Å²) in [5.74, 6) is 0.185. The number of hydrogen-bond acceptors (Lipinski definition) is 5. The van der Waals surface area contributed by atoms with Crippen molar-refractivity contribution in [1.29, 1.82) is 0 Å². The number of ketones is 1. The number of carbonyl (C=O) groups is 1. The van der Waals surface area contributed by atoms with Gasteiger partial charge in [-0.2, -0.15) is 0 Å². The number of nitrogens with one attached hydrogen (secondary N) is 1. The first-order valence-corrected chi connectivity index (χ1v) is 12.5. The number of halogens is 1. The summed E-state index contributed by atoms with van der Waals surface area (Å²) in [4.78, 5) is 23.9. The van der Waals surface area contributed by atoms with Crippen LogP contribution in [0.2, 0.25) is 0 Å². The molecule has 1 N–H and O–H groups in total. The average Bonchev–Trinajstić information content (AvgIpc) is 3.44. The van der Waals surface area contributed by atoms with E-state index in [0.29, 0.717) is 6.42 Å². The predicted octanol–water partition coefficient (Wildman–Crippen LogP) is 5.26. The molecule has 1 aromatic carbocycles. The lowest BCUT2D eigenvalue weighted by Crippen LogP contribution is -2.37. The number of thiazole rings is 1. The molecular weight excluding hydrogens is 425 g/mol. The Balaban J connectivity index is 1.38. The highest BCUT2D eigenvalue weighted by atomic mass is 32.1. The maximum Gasteiger partial charge on any atom is 0.174 e. The van der Waals surface area contributed by atoms with Crippen LogP contribution >= 0.6 is 11.3 Å². The molecular formula is C25H32FN3O2S. The lowest BCUT2D eigenvalue weighted by Gasteiger charge is -2.25. The number of H-pyrrole nitrogens is 1. The van der Waals surface area contributed by atoms with Crippen LogP contribution in [-0.4, -0.2) is 53.5 Å². The summed E-state index contributed by atoms with van der Waals surface area (Å²) in [7, 11) is 0. The van der Waals surface area contributed by atoms with Crippen LogP contribution < -0.4 is 0 Å². The topological polar surface area (TPSA) is 58.2 Å². The molecule has 7 heteroatoms. The second kappa shape index (κ2) is 11.2. The Labute approximate surface area is 193 Å². The summed E-state index contributed by atoms with van der Waals surface area (Å²) in [5, 5.41) is 1.94. The highest BCUT2D eigenvalue weighted by molar-refractivity contribution is 7.13. The lowest BCUT2D eigenvalue weighted by molar-refractivity contribution is 0.0384. The number of carbonyl (C=O) groups excluding carboxylic acids is 1. The minimum absolute atomic E-state index is 0.173. The fraction of sp³-hybridized carbons (Fsp3) is 0.520. The standard InChI is InChI=1S/C25H32FN3O2S/c1-2-3-4-18(13-19-16-27-22-6-5-20(26)15-21(19)22)14-23(30)24-17-28-25(32-24)7-8-29-9-11-31-12-10-29/h5-6,15-18,27H,2-4,7-14H2,1H3. The third-order valence-electron chi connectivity index (χ3n) is 6.25.